The average molecular weight is 365 g/mol. The number of carbonyl (C=O) groups excluding carboxylic acids is 2. The number of benzene rings is 2. The molecule has 138 valence electrons. The first kappa shape index (κ1) is 18.2. The summed E-state index contributed by atoms with van der Waals surface area (Å²) in [6.45, 7) is 0.0851. The Morgan fingerprint density at radius 1 is 1.04 bits per heavy atom. The van der Waals surface area contributed by atoms with Gasteiger partial charge in [-0.25, -0.2) is 0 Å². The van der Waals surface area contributed by atoms with E-state index in [1.165, 1.54) is 0 Å². The summed E-state index contributed by atoms with van der Waals surface area (Å²) in [5.74, 6) is 0.682. The molecule has 0 aliphatic rings. The molecule has 1 aromatic heterocycles. The molecule has 0 saturated heterocycles. The molecule has 2 amide bonds. The predicted octanol–water partition coefficient (Wildman–Crippen LogP) is 2.40. The van der Waals surface area contributed by atoms with Crippen molar-refractivity contribution in [3.63, 3.8) is 0 Å². The molecule has 0 aliphatic heterocycles. The van der Waals surface area contributed by atoms with Crippen molar-refractivity contribution in [3.8, 4) is 17.1 Å². The third-order valence-corrected chi connectivity index (χ3v) is 3.83. The quantitative estimate of drug-likeness (QED) is 0.671. The van der Waals surface area contributed by atoms with E-state index < -0.39 is 0 Å². The van der Waals surface area contributed by atoms with Gasteiger partial charge in [0.05, 0.1) is 20.2 Å². The van der Waals surface area contributed by atoms with E-state index in [1.54, 1.807) is 37.4 Å². The van der Waals surface area contributed by atoms with Gasteiger partial charge in [-0.15, -0.1) is 0 Å². The smallest absolute Gasteiger partial charge is 0.251 e. The lowest BCUT2D eigenvalue weighted by molar-refractivity contribution is -0.120. The zero-order chi connectivity index (χ0) is 19.1. The number of rotatable bonds is 7. The van der Waals surface area contributed by atoms with E-state index in [9.17, 15) is 9.59 Å². The first-order valence-electron chi connectivity index (χ1n) is 8.35. The highest BCUT2D eigenvalue weighted by Crippen LogP contribution is 2.24. The van der Waals surface area contributed by atoms with Crippen molar-refractivity contribution >= 4 is 11.8 Å². The van der Waals surface area contributed by atoms with E-state index >= 15 is 0 Å². The first-order valence-corrected chi connectivity index (χ1v) is 8.35. The fourth-order valence-electron chi connectivity index (χ4n) is 2.41. The molecular weight excluding hydrogens is 346 g/mol. The van der Waals surface area contributed by atoms with Crippen LogP contribution in [0.3, 0.4) is 0 Å². The molecule has 2 N–H and O–H groups in total. The minimum Gasteiger partial charge on any atom is -0.497 e. The summed E-state index contributed by atoms with van der Waals surface area (Å²) in [6.07, 6.45) is 0. The maximum atomic E-state index is 11.9. The number of amides is 2. The summed E-state index contributed by atoms with van der Waals surface area (Å²) in [5.41, 5.74) is 1.91. The van der Waals surface area contributed by atoms with Crippen LogP contribution in [-0.2, 0) is 11.3 Å². The Hall–Kier alpha value is -3.61. The summed E-state index contributed by atoms with van der Waals surface area (Å²) in [6, 6.07) is 17.9. The zero-order valence-corrected chi connectivity index (χ0v) is 14.8. The van der Waals surface area contributed by atoms with Gasteiger partial charge in [0.15, 0.2) is 5.76 Å². The third-order valence-electron chi connectivity index (χ3n) is 3.83. The molecule has 0 fully saturated rings. The molecule has 27 heavy (non-hydrogen) atoms. The van der Waals surface area contributed by atoms with Crippen LogP contribution in [0, 0.1) is 0 Å². The molecule has 1 heterocycles. The second-order valence-corrected chi connectivity index (χ2v) is 5.74. The molecule has 7 heteroatoms. The topological polar surface area (TPSA) is 93.5 Å². The molecule has 0 saturated carbocycles. The lowest BCUT2D eigenvalue weighted by Crippen LogP contribution is -2.36. The van der Waals surface area contributed by atoms with Crippen LogP contribution >= 0.6 is 0 Å². The highest BCUT2D eigenvalue weighted by Gasteiger charge is 2.10. The number of ether oxygens (including phenoxy) is 1. The van der Waals surface area contributed by atoms with E-state index in [-0.39, 0.29) is 24.9 Å². The lowest BCUT2D eigenvalue weighted by Gasteiger charge is -2.05. The molecule has 0 spiro atoms. The van der Waals surface area contributed by atoms with Gasteiger partial charge in [-0.3, -0.25) is 9.59 Å². The molecule has 3 aromatic rings. The maximum absolute atomic E-state index is 11.9. The summed E-state index contributed by atoms with van der Waals surface area (Å²) in [7, 11) is 1.59. The Labute approximate surface area is 156 Å². The third kappa shape index (κ3) is 4.94. The van der Waals surface area contributed by atoms with Crippen molar-refractivity contribution in [2.75, 3.05) is 13.7 Å². The second-order valence-electron chi connectivity index (χ2n) is 5.74. The standard InChI is InChI=1S/C20H19N3O4/c1-26-17-9-5-8-15(10-17)18-11-16(23-27-18)12-21-19(24)13-22-20(25)14-6-3-2-4-7-14/h2-11H,12-13H2,1H3,(H,21,24)(H,22,25). The van der Waals surface area contributed by atoms with E-state index in [0.29, 0.717) is 22.8 Å². The Balaban J connectivity index is 1.49. The number of methoxy groups -OCH3 is 1. The van der Waals surface area contributed by atoms with Crippen LogP contribution in [0.15, 0.2) is 65.2 Å². The molecule has 0 aliphatic carbocycles. The number of carbonyl (C=O) groups is 2. The maximum Gasteiger partial charge on any atom is 0.251 e. The van der Waals surface area contributed by atoms with Gasteiger partial charge in [-0.2, -0.15) is 0 Å². The monoisotopic (exact) mass is 365 g/mol. The second kappa shape index (κ2) is 8.66. The zero-order valence-electron chi connectivity index (χ0n) is 14.8. The molecule has 7 nitrogen and oxygen atoms in total. The van der Waals surface area contributed by atoms with Crippen LogP contribution in [0.5, 0.6) is 5.75 Å². The predicted molar refractivity (Wildman–Crippen MR) is 99.1 cm³/mol. The lowest BCUT2D eigenvalue weighted by atomic mass is 10.1. The average Bonchev–Trinajstić information content (AvgIpc) is 3.20. The molecule has 3 rings (SSSR count). The summed E-state index contributed by atoms with van der Waals surface area (Å²) in [5, 5.41) is 9.21. The fourth-order valence-corrected chi connectivity index (χ4v) is 2.41. The Morgan fingerprint density at radius 2 is 1.85 bits per heavy atom. The van der Waals surface area contributed by atoms with Crippen molar-refractivity contribution < 1.29 is 18.8 Å². The van der Waals surface area contributed by atoms with Crippen LogP contribution < -0.4 is 15.4 Å². The van der Waals surface area contributed by atoms with Crippen LogP contribution in [0.2, 0.25) is 0 Å². The van der Waals surface area contributed by atoms with Crippen molar-refractivity contribution in [2.45, 2.75) is 6.54 Å². The number of nitrogens with one attached hydrogen (secondary N) is 2. The Bertz CT molecular complexity index is 922. The van der Waals surface area contributed by atoms with E-state index in [1.807, 2.05) is 30.3 Å². The Kier molecular flexibility index (Phi) is 5.84. The molecule has 0 radical (unpaired) electrons. The summed E-state index contributed by atoms with van der Waals surface area (Å²) in [4.78, 5) is 23.8. The van der Waals surface area contributed by atoms with E-state index in [2.05, 4.69) is 15.8 Å². The molecule has 0 atom stereocenters. The highest BCUT2D eigenvalue weighted by atomic mass is 16.5. The number of nitrogens with zero attached hydrogens (tertiary/aromatic N) is 1. The van der Waals surface area contributed by atoms with E-state index in [0.717, 1.165) is 5.56 Å². The Morgan fingerprint density at radius 3 is 2.63 bits per heavy atom. The summed E-state index contributed by atoms with van der Waals surface area (Å²) >= 11 is 0. The number of aromatic nitrogens is 1. The first-order chi connectivity index (χ1) is 13.2. The molecule has 0 unspecified atom stereocenters. The molecule has 2 aromatic carbocycles. The van der Waals surface area contributed by atoms with Gasteiger partial charge in [-0.1, -0.05) is 35.5 Å². The number of hydrogen-bond acceptors (Lipinski definition) is 5. The highest BCUT2D eigenvalue weighted by molar-refractivity contribution is 5.96. The van der Waals surface area contributed by atoms with Gasteiger partial charge < -0.3 is 19.9 Å². The SMILES string of the molecule is COc1cccc(-c2cc(CNC(=O)CNC(=O)c3ccccc3)no2)c1. The largest absolute Gasteiger partial charge is 0.497 e. The molecular formula is C20H19N3O4. The van der Waals surface area contributed by atoms with Crippen molar-refractivity contribution in [2.24, 2.45) is 0 Å². The van der Waals surface area contributed by atoms with Gasteiger partial charge in [0, 0.05) is 17.2 Å². The molecule has 0 bridgehead atoms. The van der Waals surface area contributed by atoms with Crippen LogP contribution in [0.1, 0.15) is 16.1 Å². The van der Waals surface area contributed by atoms with Gasteiger partial charge in [0.1, 0.15) is 11.4 Å². The van der Waals surface area contributed by atoms with Crippen LogP contribution in [0.25, 0.3) is 11.3 Å². The van der Waals surface area contributed by atoms with Gasteiger partial charge in [0.2, 0.25) is 5.91 Å². The van der Waals surface area contributed by atoms with Gasteiger partial charge in [-0.05, 0) is 24.3 Å². The normalized spacial score (nSPS) is 10.3. The van der Waals surface area contributed by atoms with E-state index in [4.69, 9.17) is 9.26 Å². The van der Waals surface area contributed by atoms with Gasteiger partial charge >= 0.3 is 0 Å². The van der Waals surface area contributed by atoms with Crippen LogP contribution in [-0.4, -0.2) is 30.6 Å². The van der Waals surface area contributed by atoms with Gasteiger partial charge in [0.25, 0.3) is 5.91 Å². The summed E-state index contributed by atoms with van der Waals surface area (Å²) < 4.78 is 10.5. The van der Waals surface area contributed by atoms with Crippen LogP contribution in [0.4, 0.5) is 0 Å². The minimum atomic E-state index is -0.315. The van der Waals surface area contributed by atoms with Crippen molar-refractivity contribution in [1.29, 1.82) is 0 Å². The number of hydrogen-bond donors (Lipinski definition) is 2. The minimum absolute atomic E-state index is 0.117. The van der Waals surface area contributed by atoms with Crippen molar-refractivity contribution in [1.82, 2.24) is 15.8 Å². The fraction of sp³-hybridized carbons (Fsp3) is 0.150. The van der Waals surface area contributed by atoms with Crippen molar-refractivity contribution in [3.05, 3.63) is 71.9 Å².